The summed E-state index contributed by atoms with van der Waals surface area (Å²) >= 11 is 6.26. The standard InChI is InChI=1S/C21H21ClN4O2/c1-12-5-6-13(2)17(9-12)24-19-10-14(3)23-21(26-19)25-18-11-15(20(27)28-4)7-8-16(18)22/h5-11H,1-4H3,(H2,23,24,25,26). The summed E-state index contributed by atoms with van der Waals surface area (Å²) in [5.74, 6) is 0.586. The lowest BCUT2D eigenvalue weighted by atomic mass is 10.1. The number of halogens is 1. The van der Waals surface area contributed by atoms with Crippen molar-refractivity contribution in [3.05, 3.63) is 69.9 Å². The zero-order valence-electron chi connectivity index (χ0n) is 16.1. The first-order valence-corrected chi connectivity index (χ1v) is 9.08. The van der Waals surface area contributed by atoms with Crippen molar-refractivity contribution < 1.29 is 9.53 Å². The number of nitrogens with zero attached hydrogens (tertiary/aromatic N) is 2. The summed E-state index contributed by atoms with van der Waals surface area (Å²) in [6, 6.07) is 12.9. The summed E-state index contributed by atoms with van der Waals surface area (Å²) in [5, 5.41) is 6.86. The molecule has 0 saturated carbocycles. The van der Waals surface area contributed by atoms with Crippen LogP contribution in [0.1, 0.15) is 27.2 Å². The molecule has 0 aliphatic heterocycles. The van der Waals surface area contributed by atoms with Crippen LogP contribution in [0.4, 0.5) is 23.1 Å². The number of ether oxygens (including phenoxy) is 1. The Labute approximate surface area is 168 Å². The fraction of sp³-hybridized carbons (Fsp3) is 0.190. The van der Waals surface area contributed by atoms with Crippen LogP contribution in [0, 0.1) is 20.8 Å². The van der Waals surface area contributed by atoms with Crippen LogP contribution < -0.4 is 10.6 Å². The predicted molar refractivity (Wildman–Crippen MR) is 112 cm³/mol. The van der Waals surface area contributed by atoms with Crippen LogP contribution in [0.15, 0.2) is 42.5 Å². The normalized spacial score (nSPS) is 10.5. The van der Waals surface area contributed by atoms with Crippen molar-refractivity contribution in [2.45, 2.75) is 20.8 Å². The van der Waals surface area contributed by atoms with E-state index in [1.807, 2.05) is 26.8 Å². The highest BCUT2D eigenvalue weighted by molar-refractivity contribution is 6.33. The number of hydrogen-bond donors (Lipinski definition) is 2. The number of benzene rings is 2. The average molecular weight is 397 g/mol. The SMILES string of the molecule is COC(=O)c1ccc(Cl)c(Nc2nc(C)cc(Nc3cc(C)ccc3C)n2)c1. The van der Waals surface area contributed by atoms with Gasteiger partial charge >= 0.3 is 5.97 Å². The van der Waals surface area contributed by atoms with Gasteiger partial charge in [-0.1, -0.05) is 23.7 Å². The Bertz CT molecular complexity index is 1040. The van der Waals surface area contributed by atoms with E-state index < -0.39 is 5.97 Å². The number of hydrogen-bond acceptors (Lipinski definition) is 6. The second-order valence-corrected chi connectivity index (χ2v) is 6.88. The van der Waals surface area contributed by atoms with E-state index in [1.54, 1.807) is 18.2 Å². The molecule has 6 nitrogen and oxygen atoms in total. The van der Waals surface area contributed by atoms with Gasteiger partial charge in [-0.05, 0) is 56.2 Å². The first-order valence-electron chi connectivity index (χ1n) is 8.70. The van der Waals surface area contributed by atoms with E-state index in [1.165, 1.54) is 7.11 Å². The number of methoxy groups -OCH3 is 1. The third kappa shape index (κ3) is 4.58. The maximum Gasteiger partial charge on any atom is 0.337 e. The van der Waals surface area contributed by atoms with Crippen molar-refractivity contribution in [1.82, 2.24) is 9.97 Å². The van der Waals surface area contributed by atoms with Gasteiger partial charge in [0.25, 0.3) is 0 Å². The van der Waals surface area contributed by atoms with E-state index in [0.717, 1.165) is 22.5 Å². The number of aromatic nitrogens is 2. The van der Waals surface area contributed by atoms with E-state index in [4.69, 9.17) is 16.3 Å². The number of carbonyl (C=O) groups is 1. The molecule has 3 rings (SSSR count). The fourth-order valence-corrected chi connectivity index (χ4v) is 2.85. The monoisotopic (exact) mass is 396 g/mol. The second kappa shape index (κ2) is 8.27. The molecule has 0 saturated heterocycles. The molecule has 3 aromatic rings. The Balaban J connectivity index is 1.90. The summed E-state index contributed by atoms with van der Waals surface area (Å²) in [6.07, 6.45) is 0. The topological polar surface area (TPSA) is 76.1 Å². The highest BCUT2D eigenvalue weighted by Gasteiger charge is 2.11. The van der Waals surface area contributed by atoms with Crippen LogP contribution in [0.25, 0.3) is 0 Å². The number of aryl methyl sites for hydroxylation is 3. The lowest BCUT2D eigenvalue weighted by Gasteiger charge is -2.13. The Kier molecular flexibility index (Phi) is 5.80. The predicted octanol–water partition coefficient (Wildman–Crippen LogP) is 5.33. The molecule has 0 amide bonds. The highest BCUT2D eigenvalue weighted by Crippen LogP contribution is 2.27. The molecular weight excluding hydrogens is 376 g/mol. The van der Waals surface area contributed by atoms with Crippen molar-refractivity contribution in [3.63, 3.8) is 0 Å². The molecule has 2 aromatic carbocycles. The van der Waals surface area contributed by atoms with Gasteiger partial charge < -0.3 is 15.4 Å². The molecule has 0 bridgehead atoms. The molecule has 1 heterocycles. The first-order chi connectivity index (χ1) is 13.4. The van der Waals surface area contributed by atoms with E-state index >= 15 is 0 Å². The molecular formula is C21H21ClN4O2. The summed E-state index contributed by atoms with van der Waals surface area (Å²) in [6.45, 7) is 5.96. The van der Waals surface area contributed by atoms with Crippen molar-refractivity contribution in [1.29, 1.82) is 0 Å². The minimum absolute atomic E-state index is 0.372. The highest BCUT2D eigenvalue weighted by atomic mass is 35.5. The minimum Gasteiger partial charge on any atom is -0.465 e. The molecule has 0 radical (unpaired) electrons. The molecule has 2 N–H and O–H groups in total. The molecule has 0 spiro atoms. The van der Waals surface area contributed by atoms with Crippen molar-refractivity contribution >= 4 is 40.7 Å². The number of anilines is 4. The zero-order valence-corrected chi connectivity index (χ0v) is 16.9. The van der Waals surface area contributed by atoms with Gasteiger partial charge in [0.05, 0.1) is 23.4 Å². The van der Waals surface area contributed by atoms with Crippen molar-refractivity contribution in [2.24, 2.45) is 0 Å². The molecule has 1 aromatic heterocycles. The number of esters is 1. The molecule has 0 aliphatic rings. The molecule has 7 heteroatoms. The third-order valence-corrected chi connectivity index (χ3v) is 4.47. The largest absolute Gasteiger partial charge is 0.465 e. The zero-order chi connectivity index (χ0) is 20.3. The maximum atomic E-state index is 11.8. The van der Waals surface area contributed by atoms with Crippen LogP contribution in [-0.2, 0) is 4.74 Å². The summed E-state index contributed by atoms with van der Waals surface area (Å²) < 4.78 is 4.76. The molecule has 144 valence electrons. The van der Waals surface area contributed by atoms with E-state index in [0.29, 0.717) is 28.0 Å². The van der Waals surface area contributed by atoms with Gasteiger partial charge in [-0.3, -0.25) is 0 Å². The Morgan fingerprint density at radius 3 is 2.50 bits per heavy atom. The molecule has 0 fully saturated rings. The molecule has 28 heavy (non-hydrogen) atoms. The molecule has 0 aliphatic carbocycles. The summed E-state index contributed by atoms with van der Waals surface area (Å²) in [7, 11) is 1.33. The maximum absolute atomic E-state index is 11.8. The Morgan fingerprint density at radius 2 is 1.75 bits per heavy atom. The Hall–Kier alpha value is -3.12. The van der Waals surface area contributed by atoms with Crippen LogP contribution >= 0.6 is 11.6 Å². The quantitative estimate of drug-likeness (QED) is 0.568. The van der Waals surface area contributed by atoms with Gasteiger partial charge in [0.2, 0.25) is 5.95 Å². The van der Waals surface area contributed by atoms with Gasteiger partial charge in [-0.25, -0.2) is 9.78 Å². The number of carbonyl (C=O) groups excluding carboxylic acids is 1. The van der Waals surface area contributed by atoms with Gasteiger partial charge in [0.15, 0.2) is 0 Å². The summed E-state index contributed by atoms with van der Waals surface area (Å²) in [4.78, 5) is 20.7. The van der Waals surface area contributed by atoms with E-state index in [-0.39, 0.29) is 0 Å². The molecule has 0 unspecified atom stereocenters. The van der Waals surface area contributed by atoms with Crippen LogP contribution in [0.5, 0.6) is 0 Å². The third-order valence-electron chi connectivity index (χ3n) is 4.14. The number of nitrogens with one attached hydrogen (secondary N) is 2. The lowest BCUT2D eigenvalue weighted by Crippen LogP contribution is -2.05. The van der Waals surface area contributed by atoms with Gasteiger partial charge in [0, 0.05) is 17.4 Å². The first kappa shape index (κ1) is 19.6. The van der Waals surface area contributed by atoms with Crippen LogP contribution in [0.3, 0.4) is 0 Å². The second-order valence-electron chi connectivity index (χ2n) is 6.47. The van der Waals surface area contributed by atoms with Gasteiger partial charge in [0.1, 0.15) is 5.82 Å². The minimum atomic E-state index is -0.442. The number of rotatable bonds is 5. The Morgan fingerprint density at radius 1 is 0.964 bits per heavy atom. The smallest absolute Gasteiger partial charge is 0.337 e. The fourth-order valence-electron chi connectivity index (χ4n) is 2.68. The van der Waals surface area contributed by atoms with Crippen molar-refractivity contribution in [2.75, 3.05) is 17.7 Å². The van der Waals surface area contributed by atoms with E-state index in [2.05, 4.69) is 38.8 Å². The van der Waals surface area contributed by atoms with Crippen molar-refractivity contribution in [3.8, 4) is 0 Å². The molecule has 0 atom stereocenters. The van der Waals surface area contributed by atoms with Crippen LogP contribution in [-0.4, -0.2) is 23.0 Å². The average Bonchev–Trinajstić information content (AvgIpc) is 2.65. The van der Waals surface area contributed by atoms with E-state index in [9.17, 15) is 4.79 Å². The van der Waals surface area contributed by atoms with Gasteiger partial charge in [-0.15, -0.1) is 0 Å². The van der Waals surface area contributed by atoms with Gasteiger partial charge in [-0.2, -0.15) is 4.98 Å². The summed E-state index contributed by atoms with van der Waals surface area (Å²) in [5.41, 5.74) is 4.94. The lowest BCUT2D eigenvalue weighted by molar-refractivity contribution is 0.0601. The van der Waals surface area contributed by atoms with Crippen LogP contribution in [0.2, 0.25) is 5.02 Å².